The summed E-state index contributed by atoms with van der Waals surface area (Å²) in [5, 5.41) is 9.88. The fourth-order valence-corrected chi connectivity index (χ4v) is 2.03. The molecular formula is C25H36N2O2. The van der Waals surface area contributed by atoms with E-state index in [1.165, 1.54) is 35.1 Å². The van der Waals surface area contributed by atoms with Crippen LogP contribution >= 0.6 is 0 Å². The number of amides is 1. The second kappa shape index (κ2) is 19.8. The monoisotopic (exact) mass is 396 g/mol. The molecule has 0 bridgehead atoms. The van der Waals surface area contributed by atoms with Gasteiger partial charge in [-0.1, -0.05) is 88.6 Å². The minimum absolute atomic E-state index is 0.101. The van der Waals surface area contributed by atoms with Crippen molar-refractivity contribution in [3.05, 3.63) is 59.2 Å². The number of carbonyl (C=O) groups excluding carboxylic acids is 2. The summed E-state index contributed by atoms with van der Waals surface area (Å²) in [6.07, 6.45) is 4.58. The zero-order valence-electron chi connectivity index (χ0n) is 18.8. The van der Waals surface area contributed by atoms with E-state index in [1.807, 2.05) is 19.9 Å². The highest BCUT2D eigenvalue weighted by Crippen LogP contribution is 2.22. The molecule has 0 aliphatic carbocycles. The molecule has 0 fully saturated rings. The Hall–Kier alpha value is -2.93. The van der Waals surface area contributed by atoms with Gasteiger partial charge in [-0.25, -0.2) is 0 Å². The van der Waals surface area contributed by atoms with E-state index in [1.54, 1.807) is 6.07 Å². The number of hydrogen-bond acceptors (Lipinski definition) is 3. The van der Waals surface area contributed by atoms with Crippen LogP contribution in [0.25, 0.3) is 11.1 Å². The molecule has 0 aliphatic heterocycles. The maximum Gasteiger partial charge on any atom is 0.207 e. The SMILES string of the molecule is CC.CCCC.Cc1ccc(-c2ccc(CC=O)c(C)c2)cc1.N#CCNC=O. The Morgan fingerprint density at radius 2 is 1.48 bits per heavy atom. The second-order valence-electron chi connectivity index (χ2n) is 6.03. The minimum Gasteiger partial charge on any atom is -0.346 e. The van der Waals surface area contributed by atoms with Crippen LogP contribution in [0.15, 0.2) is 42.5 Å². The Kier molecular flexibility index (Phi) is 19.3. The number of nitrogens with zero attached hydrogens (tertiary/aromatic N) is 1. The van der Waals surface area contributed by atoms with Crippen molar-refractivity contribution < 1.29 is 9.59 Å². The molecule has 0 saturated carbocycles. The number of unbranched alkanes of at least 4 members (excludes halogenated alkanes) is 1. The van der Waals surface area contributed by atoms with E-state index in [2.05, 4.69) is 69.4 Å². The van der Waals surface area contributed by atoms with Gasteiger partial charge in [-0.3, -0.25) is 4.79 Å². The first kappa shape index (κ1) is 28.3. The molecule has 0 spiro atoms. The van der Waals surface area contributed by atoms with Gasteiger partial charge in [0, 0.05) is 6.42 Å². The topological polar surface area (TPSA) is 70.0 Å². The highest BCUT2D eigenvalue weighted by atomic mass is 16.1. The maximum absolute atomic E-state index is 10.5. The van der Waals surface area contributed by atoms with Gasteiger partial charge in [-0.15, -0.1) is 0 Å². The summed E-state index contributed by atoms with van der Waals surface area (Å²) >= 11 is 0. The van der Waals surface area contributed by atoms with E-state index in [0.717, 1.165) is 11.8 Å². The van der Waals surface area contributed by atoms with Crippen molar-refractivity contribution in [1.82, 2.24) is 5.32 Å². The summed E-state index contributed by atoms with van der Waals surface area (Å²) in [4.78, 5) is 19.8. The van der Waals surface area contributed by atoms with Crippen LogP contribution in [-0.2, 0) is 16.0 Å². The summed E-state index contributed by atoms with van der Waals surface area (Å²) in [7, 11) is 0. The first-order valence-corrected chi connectivity index (χ1v) is 10.2. The molecule has 1 amide bonds. The summed E-state index contributed by atoms with van der Waals surface area (Å²) in [5.41, 5.74) is 5.97. The first-order valence-electron chi connectivity index (χ1n) is 10.2. The van der Waals surface area contributed by atoms with Crippen molar-refractivity contribution in [2.24, 2.45) is 0 Å². The summed E-state index contributed by atoms with van der Waals surface area (Å²) < 4.78 is 0. The highest BCUT2D eigenvalue weighted by Gasteiger charge is 2.01. The second-order valence-corrected chi connectivity index (χ2v) is 6.03. The van der Waals surface area contributed by atoms with Gasteiger partial charge in [0.1, 0.15) is 12.8 Å². The standard InChI is InChI=1S/C16H16O.C4H10.C3H4N2O.C2H6/c1-12-3-5-15(6-4-12)16-8-7-14(9-10-17)13(2)11-16;1-3-4-2;4-1-2-5-3-6;1-2/h3-8,10-11H,9H2,1-2H3;3-4H2,1-2H3;3H,2H2,(H,5,6);1-2H3. The number of hydrogen-bond donors (Lipinski definition) is 1. The quantitative estimate of drug-likeness (QED) is 0.381. The first-order chi connectivity index (χ1) is 14.0. The number of carbonyl (C=O) groups is 2. The van der Waals surface area contributed by atoms with Crippen LogP contribution in [0.5, 0.6) is 0 Å². The lowest BCUT2D eigenvalue weighted by atomic mass is 9.98. The number of rotatable bonds is 6. The molecule has 29 heavy (non-hydrogen) atoms. The Labute approximate surface area is 177 Å². The Morgan fingerprint density at radius 1 is 0.931 bits per heavy atom. The molecule has 4 nitrogen and oxygen atoms in total. The largest absolute Gasteiger partial charge is 0.346 e. The van der Waals surface area contributed by atoms with E-state index in [9.17, 15) is 9.59 Å². The molecule has 0 unspecified atom stereocenters. The number of benzene rings is 2. The third-order valence-corrected chi connectivity index (χ3v) is 3.80. The lowest BCUT2D eigenvalue weighted by Gasteiger charge is -2.07. The van der Waals surface area contributed by atoms with E-state index in [4.69, 9.17) is 5.26 Å². The van der Waals surface area contributed by atoms with Crippen LogP contribution in [0.3, 0.4) is 0 Å². The summed E-state index contributed by atoms with van der Waals surface area (Å²) in [6, 6.07) is 16.5. The van der Waals surface area contributed by atoms with Gasteiger partial charge < -0.3 is 10.1 Å². The van der Waals surface area contributed by atoms with Crippen molar-refractivity contribution in [3.8, 4) is 17.2 Å². The molecule has 2 rings (SSSR count). The van der Waals surface area contributed by atoms with Crippen LogP contribution in [-0.4, -0.2) is 19.2 Å². The van der Waals surface area contributed by atoms with Gasteiger partial charge in [0.25, 0.3) is 0 Å². The van der Waals surface area contributed by atoms with Crippen LogP contribution in [0.2, 0.25) is 0 Å². The average molecular weight is 397 g/mol. The average Bonchev–Trinajstić information content (AvgIpc) is 2.76. The number of nitrogens with one attached hydrogen (secondary N) is 1. The van der Waals surface area contributed by atoms with Crippen molar-refractivity contribution in [2.75, 3.05) is 6.54 Å². The van der Waals surface area contributed by atoms with Gasteiger partial charge in [0.15, 0.2) is 0 Å². The Bertz CT molecular complexity index is 715. The van der Waals surface area contributed by atoms with Crippen molar-refractivity contribution in [3.63, 3.8) is 0 Å². The maximum atomic E-state index is 10.5. The van der Waals surface area contributed by atoms with Gasteiger partial charge in [-0.05, 0) is 36.1 Å². The molecule has 0 aliphatic rings. The molecule has 2 aromatic rings. The Balaban J connectivity index is 0. The third-order valence-electron chi connectivity index (χ3n) is 3.80. The number of nitriles is 1. The van der Waals surface area contributed by atoms with Crippen molar-refractivity contribution in [1.29, 1.82) is 5.26 Å². The van der Waals surface area contributed by atoms with Crippen LogP contribution in [0, 0.1) is 25.2 Å². The lowest BCUT2D eigenvalue weighted by Crippen LogP contribution is -2.09. The molecule has 0 atom stereocenters. The van der Waals surface area contributed by atoms with Crippen molar-refractivity contribution in [2.45, 2.75) is 60.8 Å². The third kappa shape index (κ3) is 13.8. The molecule has 1 N–H and O–H groups in total. The van der Waals surface area contributed by atoms with Crippen molar-refractivity contribution >= 4 is 12.7 Å². The van der Waals surface area contributed by atoms with Gasteiger partial charge >= 0.3 is 0 Å². The fourth-order valence-electron chi connectivity index (χ4n) is 2.03. The zero-order chi connectivity index (χ0) is 22.5. The lowest BCUT2D eigenvalue weighted by molar-refractivity contribution is -0.109. The molecule has 0 saturated heterocycles. The minimum atomic E-state index is 0.101. The molecular weight excluding hydrogens is 360 g/mol. The molecule has 2 aromatic carbocycles. The van der Waals surface area contributed by atoms with E-state index in [0.29, 0.717) is 12.8 Å². The van der Waals surface area contributed by atoms with Crippen LogP contribution < -0.4 is 5.32 Å². The smallest absolute Gasteiger partial charge is 0.207 e. The van der Waals surface area contributed by atoms with Crippen LogP contribution in [0.1, 0.15) is 57.2 Å². The van der Waals surface area contributed by atoms with E-state index in [-0.39, 0.29) is 6.54 Å². The summed E-state index contributed by atoms with van der Waals surface area (Å²) in [5.74, 6) is 0. The molecule has 4 heteroatoms. The van der Waals surface area contributed by atoms with Crippen LogP contribution in [0.4, 0.5) is 0 Å². The number of aryl methyl sites for hydroxylation is 2. The highest BCUT2D eigenvalue weighted by molar-refractivity contribution is 5.66. The normalized spacial score (nSPS) is 8.45. The number of aldehydes is 1. The predicted octanol–water partition coefficient (Wildman–Crippen LogP) is 5.80. The van der Waals surface area contributed by atoms with Gasteiger partial charge in [-0.2, -0.15) is 5.26 Å². The summed E-state index contributed by atoms with van der Waals surface area (Å²) in [6.45, 7) is 12.6. The Morgan fingerprint density at radius 3 is 1.86 bits per heavy atom. The molecule has 0 radical (unpaired) electrons. The molecule has 0 heterocycles. The van der Waals surface area contributed by atoms with E-state index >= 15 is 0 Å². The van der Waals surface area contributed by atoms with Gasteiger partial charge in [0.05, 0.1) is 6.07 Å². The zero-order valence-corrected chi connectivity index (χ0v) is 18.8. The van der Waals surface area contributed by atoms with Gasteiger partial charge in [0.2, 0.25) is 6.41 Å². The predicted molar refractivity (Wildman–Crippen MR) is 123 cm³/mol. The molecule has 0 aromatic heterocycles. The fraction of sp³-hybridized carbons (Fsp3) is 0.400. The molecule has 158 valence electrons. The van der Waals surface area contributed by atoms with E-state index < -0.39 is 0 Å².